The Morgan fingerprint density at radius 2 is 1.95 bits per heavy atom. The van der Waals surface area contributed by atoms with Crippen molar-refractivity contribution in [3.8, 4) is 0 Å². The van der Waals surface area contributed by atoms with E-state index in [1.54, 1.807) is 12.1 Å². The number of hydrogen-bond donors (Lipinski definition) is 1. The molecule has 0 aliphatic carbocycles. The molecule has 0 saturated carbocycles. The van der Waals surface area contributed by atoms with Crippen molar-refractivity contribution < 1.29 is 17.9 Å². The summed E-state index contributed by atoms with van der Waals surface area (Å²) in [5.74, 6) is -0.557. The van der Waals surface area contributed by atoms with Crippen molar-refractivity contribution in [2.24, 2.45) is 0 Å². The summed E-state index contributed by atoms with van der Waals surface area (Å²) in [4.78, 5) is 15.9. The lowest BCUT2D eigenvalue weighted by atomic mass is 10.3. The second-order valence-electron chi connectivity index (χ2n) is 4.05. The molecule has 1 heterocycles. The highest BCUT2D eigenvalue weighted by Gasteiger charge is 2.17. The van der Waals surface area contributed by atoms with Crippen LogP contribution in [-0.4, -0.2) is 32.7 Å². The monoisotopic (exact) mass is 346 g/mol. The minimum absolute atomic E-state index is 0.0575. The van der Waals surface area contributed by atoms with Crippen molar-refractivity contribution in [1.82, 2.24) is 4.98 Å². The number of rotatable bonds is 4. The average molecular weight is 347 g/mol. The van der Waals surface area contributed by atoms with E-state index in [1.165, 1.54) is 19.2 Å². The van der Waals surface area contributed by atoms with Crippen LogP contribution >= 0.6 is 22.9 Å². The van der Waals surface area contributed by atoms with Gasteiger partial charge >= 0.3 is 5.97 Å². The van der Waals surface area contributed by atoms with Gasteiger partial charge in [0.1, 0.15) is 0 Å². The van der Waals surface area contributed by atoms with Gasteiger partial charge in [-0.3, -0.25) is 0 Å². The number of hydrogen-bond acceptors (Lipinski definition) is 7. The number of benzene rings is 1. The van der Waals surface area contributed by atoms with E-state index in [-0.39, 0.29) is 14.9 Å². The molecule has 0 bridgehead atoms. The summed E-state index contributed by atoms with van der Waals surface area (Å²) in [6, 6.07) is 6.16. The summed E-state index contributed by atoms with van der Waals surface area (Å²) in [6.45, 7) is 0. The largest absolute Gasteiger partial charge is 0.465 e. The first-order valence-electron chi connectivity index (χ1n) is 5.63. The van der Waals surface area contributed by atoms with Crippen LogP contribution in [0.3, 0.4) is 0 Å². The number of nitrogens with one attached hydrogen (secondary N) is 1. The smallest absolute Gasteiger partial charge is 0.351 e. The molecule has 0 unspecified atom stereocenters. The molecule has 1 aromatic heterocycles. The van der Waals surface area contributed by atoms with Crippen LogP contribution in [0, 0.1) is 0 Å². The molecule has 21 heavy (non-hydrogen) atoms. The molecular formula is C12H11ClN2O4S2. The number of methoxy groups -OCH3 is 1. The standard InChI is InChI=1S/C12H11ClN2O4S2/c1-19-11(16)9-10(13)15-12(20-9)14-7-3-5-8(6-4-7)21(2,17)18/h3-6H,1-2H3,(H,14,15). The van der Waals surface area contributed by atoms with E-state index in [4.69, 9.17) is 11.6 Å². The van der Waals surface area contributed by atoms with Crippen LogP contribution in [0.2, 0.25) is 5.15 Å². The van der Waals surface area contributed by atoms with Crippen molar-refractivity contribution in [3.05, 3.63) is 34.3 Å². The molecule has 0 aliphatic heterocycles. The van der Waals surface area contributed by atoms with Gasteiger partial charge < -0.3 is 10.1 Å². The molecule has 0 aliphatic rings. The number of halogens is 1. The van der Waals surface area contributed by atoms with Crippen LogP contribution < -0.4 is 5.32 Å². The topological polar surface area (TPSA) is 85.4 Å². The lowest BCUT2D eigenvalue weighted by Gasteiger charge is -2.03. The molecule has 2 rings (SSSR count). The minimum Gasteiger partial charge on any atom is -0.465 e. The Bertz CT molecular complexity index is 769. The molecule has 0 saturated heterocycles. The second-order valence-corrected chi connectivity index (χ2v) is 7.42. The first kappa shape index (κ1) is 15.7. The number of anilines is 2. The molecule has 0 spiro atoms. The fraction of sp³-hybridized carbons (Fsp3) is 0.167. The Morgan fingerprint density at radius 1 is 1.33 bits per heavy atom. The van der Waals surface area contributed by atoms with Gasteiger partial charge in [0, 0.05) is 11.9 Å². The molecule has 112 valence electrons. The minimum atomic E-state index is -3.23. The number of sulfone groups is 1. The van der Waals surface area contributed by atoms with Crippen molar-refractivity contribution in [3.63, 3.8) is 0 Å². The molecule has 1 aromatic carbocycles. The summed E-state index contributed by atoms with van der Waals surface area (Å²) in [5, 5.41) is 3.41. The number of aromatic nitrogens is 1. The summed E-state index contributed by atoms with van der Waals surface area (Å²) < 4.78 is 27.3. The number of carbonyl (C=O) groups is 1. The van der Waals surface area contributed by atoms with Gasteiger partial charge in [0.05, 0.1) is 12.0 Å². The zero-order valence-electron chi connectivity index (χ0n) is 11.1. The predicted octanol–water partition coefficient (Wildman–Crippen LogP) is 2.73. The van der Waals surface area contributed by atoms with Gasteiger partial charge in [-0.25, -0.2) is 18.2 Å². The third-order valence-electron chi connectivity index (χ3n) is 2.49. The zero-order valence-corrected chi connectivity index (χ0v) is 13.5. The molecule has 0 atom stereocenters. The van der Waals surface area contributed by atoms with E-state index in [2.05, 4.69) is 15.0 Å². The fourth-order valence-corrected chi connectivity index (χ4v) is 3.24. The normalized spacial score (nSPS) is 11.2. The number of thiazole rings is 1. The Morgan fingerprint density at radius 3 is 2.48 bits per heavy atom. The van der Waals surface area contributed by atoms with E-state index < -0.39 is 15.8 Å². The molecule has 2 aromatic rings. The molecular weight excluding hydrogens is 336 g/mol. The molecule has 6 nitrogen and oxygen atoms in total. The summed E-state index contributed by atoms with van der Waals surface area (Å²) in [7, 11) is -1.97. The first-order valence-corrected chi connectivity index (χ1v) is 8.71. The van der Waals surface area contributed by atoms with Gasteiger partial charge in [0.25, 0.3) is 0 Å². The van der Waals surface area contributed by atoms with Crippen molar-refractivity contribution in [1.29, 1.82) is 0 Å². The molecule has 1 N–H and O–H groups in total. The maximum atomic E-state index is 11.4. The van der Waals surface area contributed by atoms with E-state index in [9.17, 15) is 13.2 Å². The maximum Gasteiger partial charge on any atom is 0.351 e. The van der Waals surface area contributed by atoms with E-state index >= 15 is 0 Å². The lowest BCUT2D eigenvalue weighted by molar-refractivity contribution is 0.0606. The van der Waals surface area contributed by atoms with Gasteiger partial charge in [-0.15, -0.1) is 0 Å². The highest BCUT2D eigenvalue weighted by Crippen LogP contribution is 2.29. The van der Waals surface area contributed by atoms with Crippen LogP contribution in [0.1, 0.15) is 9.67 Å². The van der Waals surface area contributed by atoms with Crippen LogP contribution in [0.5, 0.6) is 0 Å². The summed E-state index contributed by atoms with van der Waals surface area (Å²) in [5.41, 5.74) is 0.629. The second kappa shape index (κ2) is 6.00. The van der Waals surface area contributed by atoms with E-state index in [0.29, 0.717) is 10.8 Å². The number of ether oxygens (including phenoxy) is 1. The van der Waals surface area contributed by atoms with Gasteiger partial charge in [-0.2, -0.15) is 0 Å². The van der Waals surface area contributed by atoms with Crippen molar-refractivity contribution in [2.75, 3.05) is 18.7 Å². The molecule has 9 heteroatoms. The third-order valence-corrected chi connectivity index (χ3v) is 4.96. The Kier molecular flexibility index (Phi) is 4.50. The van der Waals surface area contributed by atoms with Crippen LogP contribution in [0.25, 0.3) is 0 Å². The number of carbonyl (C=O) groups excluding carboxylic acids is 1. The molecule has 0 fully saturated rings. The van der Waals surface area contributed by atoms with Gasteiger partial charge in [-0.1, -0.05) is 22.9 Å². The lowest BCUT2D eigenvalue weighted by Crippen LogP contribution is -1.98. The van der Waals surface area contributed by atoms with Crippen molar-refractivity contribution in [2.45, 2.75) is 4.90 Å². The summed E-state index contributed by atoms with van der Waals surface area (Å²) in [6.07, 6.45) is 1.14. The highest BCUT2D eigenvalue weighted by atomic mass is 35.5. The van der Waals surface area contributed by atoms with Gasteiger partial charge in [-0.05, 0) is 24.3 Å². The van der Waals surface area contributed by atoms with E-state index in [0.717, 1.165) is 17.6 Å². The molecule has 0 radical (unpaired) electrons. The third kappa shape index (κ3) is 3.72. The van der Waals surface area contributed by atoms with Crippen LogP contribution in [0.15, 0.2) is 29.2 Å². The van der Waals surface area contributed by atoms with Crippen LogP contribution in [-0.2, 0) is 14.6 Å². The fourth-order valence-electron chi connectivity index (χ4n) is 1.48. The van der Waals surface area contributed by atoms with Gasteiger partial charge in [0.15, 0.2) is 25.0 Å². The Hall–Kier alpha value is -1.64. The Balaban J connectivity index is 2.21. The Labute approximate surface area is 130 Å². The van der Waals surface area contributed by atoms with E-state index in [1.807, 2.05) is 0 Å². The van der Waals surface area contributed by atoms with Crippen molar-refractivity contribution >= 4 is 49.6 Å². The summed E-state index contributed by atoms with van der Waals surface area (Å²) >= 11 is 6.90. The quantitative estimate of drug-likeness (QED) is 0.857. The SMILES string of the molecule is COC(=O)c1sc(Nc2ccc(S(C)(=O)=O)cc2)nc1Cl. The first-order chi connectivity index (χ1) is 9.81. The maximum absolute atomic E-state index is 11.4. The highest BCUT2D eigenvalue weighted by molar-refractivity contribution is 7.90. The zero-order chi connectivity index (χ0) is 15.6. The number of esters is 1. The average Bonchev–Trinajstić information content (AvgIpc) is 2.78. The molecule has 0 amide bonds. The predicted molar refractivity (Wildman–Crippen MR) is 81.3 cm³/mol. The number of nitrogens with zero attached hydrogens (tertiary/aromatic N) is 1. The van der Waals surface area contributed by atoms with Gasteiger partial charge in [0.2, 0.25) is 0 Å². The van der Waals surface area contributed by atoms with Crippen LogP contribution in [0.4, 0.5) is 10.8 Å².